The molecule has 4 aromatic rings. The Hall–Kier alpha value is -3.63. The van der Waals surface area contributed by atoms with Gasteiger partial charge in [0.1, 0.15) is 24.3 Å². The van der Waals surface area contributed by atoms with Crippen molar-refractivity contribution in [1.82, 2.24) is 0 Å². The van der Waals surface area contributed by atoms with Crippen LogP contribution >= 0.6 is 0 Å². The number of sulfone groups is 1. The summed E-state index contributed by atoms with van der Waals surface area (Å²) in [5.74, 6) is -0.695. The number of rotatable bonds is 21. The van der Waals surface area contributed by atoms with Crippen LogP contribution in [0, 0.1) is 0 Å². The first-order valence-corrected chi connectivity index (χ1v) is 17.7. The van der Waals surface area contributed by atoms with Gasteiger partial charge >= 0.3 is 0 Å². The molecule has 0 aliphatic heterocycles. The summed E-state index contributed by atoms with van der Waals surface area (Å²) in [6.45, 7) is 8.69. The van der Waals surface area contributed by atoms with Gasteiger partial charge in [0.2, 0.25) is 0 Å². The fourth-order valence-electron chi connectivity index (χ4n) is 5.05. The molecule has 0 aromatic heterocycles. The van der Waals surface area contributed by atoms with E-state index in [0.717, 1.165) is 22.3 Å². The lowest BCUT2D eigenvalue weighted by molar-refractivity contribution is -0.191. The molecule has 0 aliphatic carbocycles. The van der Waals surface area contributed by atoms with E-state index in [2.05, 4.69) is 6.58 Å². The van der Waals surface area contributed by atoms with Crippen molar-refractivity contribution >= 4 is 9.84 Å². The maximum absolute atomic E-state index is 13.0. The van der Waals surface area contributed by atoms with Crippen LogP contribution in [0.15, 0.2) is 133 Å². The van der Waals surface area contributed by atoms with E-state index < -0.39 is 40.2 Å². The first-order valence-electron chi connectivity index (χ1n) is 15.8. The molecule has 4 aromatic carbocycles. The molecule has 4 atom stereocenters. The molecule has 0 radical (unpaired) electrons. The zero-order valence-electron chi connectivity index (χ0n) is 27.3. The minimum atomic E-state index is -3.61. The first kappa shape index (κ1) is 36.2. The Kier molecular flexibility index (Phi) is 14.8. The molecule has 0 aliphatic rings. The summed E-state index contributed by atoms with van der Waals surface area (Å²) >= 11 is 0. The van der Waals surface area contributed by atoms with E-state index in [1.165, 1.54) is 0 Å². The van der Waals surface area contributed by atoms with Crippen molar-refractivity contribution in [3.63, 3.8) is 0 Å². The molecule has 0 saturated heterocycles. The summed E-state index contributed by atoms with van der Waals surface area (Å²) in [4.78, 5) is 0. The van der Waals surface area contributed by atoms with Crippen molar-refractivity contribution in [2.75, 3.05) is 18.3 Å². The highest BCUT2D eigenvalue weighted by atomic mass is 32.2. The lowest BCUT2D eigenvalue weighted by atomic mass is 10.0. The molecular weight excluding hydrogens is 612 g/mol. The molecule has 0 spiro atoms. The summed E-state index contributed by atoms with van der Waals surface area (Å²) in [7, 11) is -3.61. The zero-order valence-corrected chi connectivity index (χ0v) is 28.1. The van der Waals surface area contributed by atoms with Gasteiger partial charge in [-0.05, 0) is 36.1 Å². The Morgan fingerprint density at radius 3 is 1.45 bits per heavy atom. The van der Waals surface area contributed by atoms with Gasteiger partial charge in [0.15, 0.2) is 9.84 Å². The lowest BCUT2D eigenvalue weighted by Gasteiger charge is -2.36. The summed E-state index contributed by atoms with van der Waals surface area (Å²) in [5, 5.41) is 0. The maximum Gasteiger partial charge on any atom is 0.178 e. The van der Waals surface area contributed by atoms with Crippen LogP contribution in [-0.2, 0) is 59.9 Å². The van der Waals surface area contributed by atoms with E-state index in [4.69, 9.17) is 23.7 Å². The molecule has 4 rings (SSSR count). The topological polar surface area (TPSA) is 80.3 Å². The molecule has 250 valence electrons. The van der Waals surface area contributed by atoms with Crippen LogP contribution in [0.2, 0.25) is 0 Å². The summed E-state index contributed by atoms with van der Waals surface area (Å²) in [6.07, 6.45) is -2.70. The van der Waals surface area contributed by atoms with Crippen molar-refractivity contribution in [2.45, 2.75) is 64.7 Å². The molecule has 8 heteroatoms. The second kappa shape index (κ2) is 19.3. The molecule has 0 bridgehead atoms. The molecule has 7 nitrogen and oxygen atoms in total. The van der Waals surface area contributed by atoms with Crippen LogP contribution in [-0.4, -0.2) is 51.1 Å². The van der Waals surface area contributed by atoms with E-state index in [1.54, 1.807) is 6.92 Å². The zero-order chi connectivity index (χ0) is 33.3. The Labute approximate surface area is 280 Å². The molecule has 0 saturated carbocycles. The second-order valence-electron chi connectivity index (χ2n) is 11.7. The van der Waals surface area contributed by atoms with Crippen LogP contribution in [0.25, 0.3) is 0 Å². The molecular formula is C39H46O7S. The minimum Gasteiger partial charge on any atom is -0.374 e. The SMILES string of the molecule is C=C(C)CS(=O)(=O)CO[C@H](COCc1ccccc1)[C@H](OCc1ccccc1)[C@H](OCc1ccccc1)[C@H](C)OCc1ccccc1. The Morgan fingerprint density at radius 1 is 0.596 bits per heavy atom. The van der Waals surface area contributed by atoms with Gasteiger partial charge < -0.3 is 23.7 Å². The first-order chi connectivity index (χ1) is 22.8. The van der Waals surface area contributed by atoms with E-state index >= 15 is 0 Å². The molecule has 0 amide bonds. The molecule has 0 unspecified atom stereocenters. The quantitative estimate of drug-likeness (QED) is 0.0869. The lowest BCUT2D eigenvalue weighted by Crippen LogP contribution is -2.50. The summed E-state index contributed by atoms with van der Waals surface area (Å²) < 4.78 is 58.0. The van der Waals surface area contributed by atoms with E-state index in [1.807, 2.05) is 128 Å². The second-order valence-corrected chi connectivity index (χ2v) is 13.7. The van der Waals surface area contributed by atoms with Gasteiger partial charge in [-0.1, -0.05) is 133 Å². The van der Waals surface area contributed by atoms with E-state index in [9.17, 15) is 8.42 Å². The monoisotopic (exact) mass is 658 g/mol. The number of hydrogen-bond acceptors (Lipinski definition) is 7. The minimum absolute atomic E-state index is 0.0630. The normalized spacial score (nSPS) is 14.3. The van der Waals surface area contributed by atoms with Gasteiger partial charge in [-0.25, -0.2) is 8.42 Å². The fraction of sp³-hybridized carbons (Fsp3) is 0.333. The van der Waals surface area contributed by atoms with Gasteiger partial charge in [-0.2, -0.15) is 0 Å². The Morgan fingerprint density at radius 2 is 1.00 bits per heavy atom. The highest BCUT2D eigenvalue weighted by Crippen LogP contribution is 2.23. The predicted octanol–water partition coefficient (Wildman–Crippen LogP) is 7.31. The number of ether oxygens (including phenoxy) is 5. The van der Waals surface area contributed by atoms with Gasteiger partial charge in [-0.3, -0.25) is 0 Å². The highest BCUT2D eigenvalue weighted by molar-refractivity contribution is 7.91. The fourth-order valence-corrected chi connectivity index (χ4v) is 6.27. The average molecular weight is 659 g/mol. The average Bonchev–Trinajstić information content (AvgIpc) is 3.08. The Bertz CT molecular complexity index is 1550. The number of hydrogen-bond donors (Lipinski definition) is 0. The summed E-state index contributed by atoms with van der Waals surface area (Å²) in [6, 6.07) is 39.4. The van der Waals surface area contributed by atoms with Gasteiger partial charge in [0.25, 0.3) is 0 Å². The van der Waals surface area contributed by atoms with Crippen LogP contribution in [0.1, 0.15) is 36.1 Å². The molecule has 0 fully saturated rings. The van der Waals surface area contributed by atoms with Gasteiger partial charge in [-0.15, -0.1) is 0 Å². The van der Waals surface area contributed by atoms with Crippen molar-refractivity contribution < 1.29 is 32.1 Å². The van der Waals surface area contributed by atoms with Crippen LogP contribution in [0.5, 0.6) is 0 Å². The highest BCUT2D eigenvalue weighted by Gasteiger charge is 2.37. The van der Waals surface area contributed by atoms with Gasteiger partial charge in [0.05, 0.1) is 44.9 Å². The van der Waals surface area contributed by atoms with E-state index in [-0.39, 0.29) is 19.0 Å². The smallest absolute Gasteiger partial charge is 0.178 e. The summed E-state index contributed by atoms with van der Waals surface area (Å²) in [5.41, 5.74) is 4.48. The van der Waals surface area contributed by atoms with Crippen molar-refractivity contribution in [3.05, 3.63) is 156 Å². The van der Waals surface area contributed by atoms with Gasteiger partial charge in [0, 0.05) is 0 Å². The predicted molar refractivity (Wildman–Crippen MR) is 185 cm³/mol. The Balaban J connectivity index is 1.65. The maximum atomic E-state index is 13.0. The molecule has 47 heavy (non-hydrogen) atoms. The third kappa shape index (κ3) is 13.2. The molecule has 0 N–H and O–H groups in total. The van der Waals surface area contributed by atoms with E-state index in [0.29, 0.717) is 25.4 Å². The largest absolute Gasteiger partial charge is 0.374 e. The third-order valence-corrected chi connectivity index (χ3v) is 8.83. The standard InChI is InChI=1S/C39H46O7S/c1-31(2)29-47(40,41)30-46-37(28-42-24-33-16-8-4-9-17-33)39(45-27-36-22-14-7-15-23-36)38(44-26-35-20-12-6-13-21-35)32(3)43-25-34-18-10-5-11-19-34/h4-23,32,37-39H,1,24-30H2,2-3H3/t32-,37+,38+,39-/m0/s1. The third-order valence-electron chi connectivity index (χ3n) is 7.40. The van der Waals surface area contributed by atoms with Crippen molar-refractivity contribution in [2.24, 2.45) is 0 Å². The molecule has 0 heterocycles. The van der Waals surface area contributed by atoms with Crippen molar-refractivity contribution in [3.8, 4) is 0 Å². The van der Waals surface area contributed by atoms with Crippen LogP contribution in [0.3, 0.4) is 0 Å². The number of benzene rings is 4. The van der Waals surface area contributed by atoms with Crippen LogP contribution in [0.4, 0.5) is 0 Å². The van der Waals surface area contributed by atoms with Crippen molar-refractivity contribution in [1.29, 1.82) is 0 Å². The van der Waals surface area contributed by atoms with Crippen LogP contribution < -0.4 is 0 Å².